The molecule has 0 bridgehead atoms. The van der Waals surface area contributed by atoms with Crippen molar-refractivity contribution < 1.29 is 4.79 Å². The minimum absolute atomic E-state index is 0.184. The largest absolute Gasteiger partial charge is 0.337 e. The van der Waals surface area contributed by atoms with Gasteiger partial charge in [0.1, 0.15) is 5.78 Å². The summed E-state index contributed by atoms with van der Waals surface area (Å²) in [6, 6.07) is 0.184. The highest BCUT2D eigenvalue weighted by Crippen LogP contribution is 2.04. The lowest BCUT2D eigenvalue weighted by atomic mass is 10.1. The molecule has 68 valence electrons. The zero-order valence-electron chi connectivity index (χ0n) is 7.71. The molecule has 1 N–H and O–H groups in total. The van der Waals surface area contributed by atoms with Crippen LogP contribution in [0.1, 0.15) is 26.7 Å². The Morgan fingerprint density at radius 1 is 1.75 bits per heavy atom. The van der Waals surface area contributed by atoms with E-state index in [9.17, 15) is 4.79 Å². The first-order valence-electron chi connectivity index (χ1n) is 4.01. The third-order valence-corrected chi connectivity index (χ3v) is 1.78. The molecule has 0 amide bonds. The molecule has 3 nitrogen and oxygen atoms in total. The number of rotatable bonds is 6. The van der Waals surface area contributed by atoms with Crippen molar-refractivity contribution in [3.8, 4) is 0 Å². The third kappa shape index (κ3) is 3.91. The highest BCUT2D eigenvalue weighted by atomic mass is 16.1. The van der Waals surface area contributed by atoms with Crippen molar-refractivity contribution in [2.45, 2.75) is 32.7 Å². The van der Waals surface area contributed by atoms with Crippen LogP contribution in [0, 0.1) is 5.41 Å². The fraction of sp³-hybridized carbons (Fsp3) is 0.556. The van der Waals surface area contributed by atoms with Crippen LogP contribution in [0.5, 0.6) is 0 Å². The van der Waals surface area contributed by atoms with Crippen LogP contribution in [0.4, 0.5) is 0 Å². The molecule has 0 aromatic heterocycles. The van der Waals surface area contributed by atoms with Gasteiger partial charge in [0.15, 0.2) is 0 Å². The monoisotopic (exact) mass is 168 g/mol. The Labute approximate surface area is 73.6 Å². The van der Waals surface area contributed by atoms with Gasteiger partial charge in [0.05, 0.1) is 6.34 Å². The number of carbonyl (C=O) groups excluding carboxylic acids is 1. The number of ketones is 1. The summed E-state index contributed by atoms with van der Waals surface area (Å²) in [5.74, 6) is 0.191. The Balaban J connectivity index is 3.83. The van der Waals surface area contributed by atoms with Crippen LogP contribution in [-0.2, 0) is 4.79 Å². The molecule has 12 heavy (non-hydrogen) atoms. The lowest BCUT2D eigenvalue weighted by Crippen LogP contribution is -2.26. The van der Waals surface area contributed by atoms with Crippen LogP contribution in [0.2, 0.25) is 0 Å². The molecule has 3 heteroatoms. The van der Waals surface area contributed by atoms with Crippen LogP contribution in [-0.4, -0.2) is 23.1 Å². The summed E-state index contributed by atoms with van der Waals surface area (Å²) in [7, 11) is 0. The van der Waals surface area contributed by atoms with E-state index in [1.54, 1.807) is 18.0 Å². The molecular weight excluding hydrogens is 152 g/mol. The van der Waals surface area contributed by atoms with Gasteiger partial charge in [0, 0.05) is 12.5 Å². The first kappa shape index (κ1) is 10.9. The SMILES string of the molecule is C=CN(C=N)C(C)CCC(C)=O. The van der Waals surface area contributed by atoms with Gasteiger partial charge < -0.3 is 9.69 Å². The van der Waals surface area contributed by atoms with Crippen LogP contribution in [0.25, 0.3) is 0 Å². The molecule has 0 aromatic rings. The van der Waals surface area contributed by atoms with E-state index in [1.165, 1.54) is 6.34 Å². The zero-order valence-corrected chi connectivity index (χ0v) is 7.71. The van der Waals surface area contributed by atoms with Gasteiger partial charge in [0.25, 0.3) is 0 Å². The molecule has 0 saturated heterocycles. The Kier molecular flexibility index (Phi) is 5.00. The Morgan fingerprint density at radius 2 is 2.33 bits per heavy atom. The van der Waals surface area contributed by atoms with Crippen molar-refractivity contribution in [2.24, 2.45) is 0 Å². The predicted molar refractivity (Wildman–Crippen MR) is 50.2 cm³/mol. The van der Waals surface area contributed by atoms with Crippen LogP contribution in [0.3, 0.4) is 0 Å². The molecule has 0 aliphatic heterocycles. The van der Waals surface area contributed by atoms with Crippen LogP contribution in [0.15, 0.2) is 12.8 Å². The van der Waals surface area contributed by atoms with E-state index in [-0.39, 0.29) is 11.8 Å². The first-order chi connectivity index (χ1) is 5.61. The Bertz CT molecular complexity index is 169. The fourth-order valence-electron chi connectivity index (χ4n) is 0.921. The summed E-state index contributed by atoms with van der Waals surface area (Å²) in [5, 5.41) is 7.02. The maximum atomic E-state index is 10.6. The lowest BCUT2D eigenvalue weighted by Gasteiger charge is -2.21. The van der Waals surface area contributed by atoms with Crippen molar-refractivity contribution >= 4 is 12.1 Å². The summed E-state index contributed by atoms with van der Waals surface area (Å²) < 4.78 is 0. The van der Waals surface area contributed by atoms with Gasteiger partial charge in [-0.25, -0.2) is 0 Å². The van der Waals surface area contributed by atoms with Crippen molar-refractivity contribution in [3.05, 3.63) is 12.8 Å². The highest BCUT2D eigenvalue weighted by Gasteiger charge is 2.07. The summed E-state index contributed by atoms with van der Waals surface area (Å²) in [6.07, 6.45) is 4.16. The topological polar surface area (TPSA) is 44.2 Å². The van der Waals surface area contributed by atoms with Gasteiger partial charge in [-0.05, 0) is 26.5 Å². The zero-order chi connectivity index (χ0) is 9.56. The second kappa shape index (κ2) is 5.52. The summed E-state index contributed by atoms with van der Waals surface area (Å²) in [6.45, 7) is 7.12. The predicted octanol–water partition coefficient (Wildman–Crippen LogP) is 1.80. The van der Waals surface area contributed by atoms with E-state index >= 15 is 0 Å². The quantitative estimate of drug-likeness (QED) is 0.485. The molecule has 0 radical (unpaired) electrons. The van der Waals surface area contributed by atoms with Gasteiger partial charge >= 0.3 is 0 Å². The molecule has 0 fully saturated rings. The molecule has 1 unspecified atom stereocenters. The number of hydrogen-bond acceptors (Lipinski definition) is 2. The number of Topliss-reactive ketones (excluding diaryl/α,β-unsaturated/α-hetero) is 1. The molecule has 0 aliphatic carbocycles. The molecule has 0 aromatic carbocycles. The van der Waals surface area contributed by atoms with E-state index < -0.39 is 0 Å². The van der Waals surface area contributed by atoms with Gasteiger partial charge in [-0.1, -0.05) is 6.58 Å². The van der Waals surface area contributed by atoms with E-state index in [2.05, 4.69) is 6.58 Å². The van der Waals surface area contributed by atoms with E-state index in [0.717, 1.165) is 6.42 Å². The minimum Gasteiger partial charge on any atom is -0.337 e. The number of nitrogens with zero attached hydrogens (tertiary/aromatic N) is 1. The molecule has 0 aliphatic rings. The average Bonchev–Trinajstić information content (AvgIpc) is 2.03. The standard InChI is InChI=1S/C9H16N2O/c1-4-11(7-10)8(2)5-6-9(3)12/h4,7-8,10H,1,5-6H2,2-3H3. The maximum Gasteiger partial charge on any atom is 0.129 e. The van der Waals surface area contributed by atoms with Crippen LogP contribution < -0.4 is 0 Å². The smallest absolute Gasteiger partial charge is 0.129 e. The third-order valence-electron chi connectivity index (χ3n) is 1.78. The summed E-state index contributed by atoms with van der Waals surface area (Å²) in [4.78, 5) is 12.3. The molecule has 0 heterocycles. The lowest BCUT2D eigenvalue weighted by molar-refractivity contribution is -0.117. The minimum atomic E-state index is 0.184. The Morgan fingerprint density at radius 3 is 2.67 bits per heavy atom. The molecule has 0 spiro atoms. The number of hydrogen-bond donors (Lipinski definition) is 1. The summed E-state index contributed by atoms with van der Waals surface area (Å²) >= 11 is 0. The first-order valence-corrected chi connectivity index (χ1v) is 4.01. The van der Waals surface area contributed by atoms with Gasteiger partial charge in [-0.15, -0.1) is 0 Å². The highest BCUT2D eigenvalue weighted by molar-refractivity contribution is 5.75. The summed E-state index contributed by atoms with van der Waals surface area (Å²) in [5.41, 5.74) is 0. The molecule has 0 rings (SSSR count). The van der Waals surface area contributed by atoms with Crippen molar-refractivity contribution in [2.75, 3.05) is 0 Å². The normalized spacial score (nSPS) is 11.8. The second-order valence-corrected chi connectivity index (χ2v) is 2.85. The molecular formula is C9H16N2O. The van der Waals surface area contributed by atoms with Crippen molar-refractivity contribution in [1.82, 2.24) is 4.90 Å². The van der Waals surface area contributed by atoms with E-state index in [4.69, 9.17) is 5.41 Å². The molecule has 1 atom stereocenters. The van der Waals surface area contributed by atoms with Gasteiger partial charge in [0.2, 0.25) is 0 Å². The average molecular weight is 168 g/mol. The number of nitrogens with one attached hydrogen (secondary N) is 1. The van der Waals surface area contributed by atoms with Gasteiger partial charge in [-0.3, -0.25) is 5.41 Å². The van der Waals surface area contributed by atoms with Crippen molar-refractivity contribution in [1.29, 1.82) is 5.41 Å². The number of carbonyl (C=O) groups is 1. The maximum absolute atomic E-state index is 10.6. The van der Waals surface area contributed by atoms with Gasteiger partial charge in [-0.2, -0.15) is 0 Å². The van der Waals surface area contributed by atoms with Crippen LogP contribution >= 0.6 is 0 Å². The van der Waals surface area contributed by atoms with Crippen molar-refractivity contribution in [3.63, 3.8) is 0 Å². The van der Waals surface area contributed by atoms with E-state index in [1.807, 2.05) is 6.92 Å². The fourth-order valence-corrected chi connectivity index (χ4v) is 0.921. The Hall–Kier alpha value is -1.12. The molecule has 0 saturated carbocycles. The van der Waals surface area contributed by atoms with E-state index in [0.29, 0.717) is 6.42 Å². The second-order valence-electron chi connectivity index (χ2n) is 2.85.